The molecule has 144 valence electrons. The van der Waals surface area contributed by atoms with Crippen LogP contribution in [0.2, 0.25) is 10.0 Å². The molecule has 4 aromatic rings. The summed E-state index contributed by atoms with van der Waals surface area (Å²) >= 11 is 12.0. The molecule has 4 rings (SSSR count). The van der Waals surface area contributed by atoms with E-state index in [0.717, 1.165) is 11.1 Å². The van der Waals surface area contributed by atoms with Crippen molar-refractivity contribution >= 4 is 52.1 Å². The highest BCUT2D eigenvalue weighted by molar-refractivity contribution is 6.35. The number of anilines is 1. The highest BCUT2D eigenvalue weighted by atomic mass is 35.5. The second kappa shape index (κ2) is 8.07. The molecule has 0 aliphatic rings. The fraction of sp³-hybridized carbons (Fsp3) is 0.0455. The van der Waals surface area contributed by atoms with Crippen LogP contribution in [0.1, 0.15) is 11.1 Å². The molecule has 0 aliphatic carbocycles. The van der Waals surface area contributed by atoms with Crippen molar-refractivity contribution in [3.63, 3.8) is 0 Å². The number of carbonyl (C=O) groups excluding carboxylic acids is 1. The van der Waals surface area contributed by atoms with Gasteiger partial charge in [-0.3, -0.25) is 4.79 Å². The van der Waals surface area contributed by atoms with E-state index in [4.69, 9.17) is 27.6 Å². The molecule has 2 aromatic heterocycles. The quantitative estimate of drug-likeness (QED) is 0.399. The van der Waals surface area contributed by atoms with Crippen molar-refractivity contribution in [1.82, 2.24) is 9.97 Å². The first-order valence-electron chi connectivity index (χ1n) is 8.77. The van der Waals surface area contributed by atoms with Crippen molar-refractivity contribution in [2.45, 2.75) is 6.92 Å². The molecule has 5 nitrogen and oxygen atoms in total. The van der Waals surface area contributed by atoms with E-state index < -0.39 is 0 Å². The molecule has 0 bridgehead atoms. The van der Waals surface area contributed by atoms with E-state index in [1.54, 1.807) is 36.5 Å². The van der Waals surface area contributed by atoms with Gasteiger partial charge in [-0.05, 0) is 60.5 Å². The minimum atomic E-state index is -0.282. The third-order valence-electron chi connectivity index (χ3n) is 4.36. The first-order chi connectivity index (χ1) is 14.0. The lowest BCUT2D eigenvalue weighted by Crippen LogP contribution is -2.09. The fourth-order valence-corrected chi connectivity index (χ4v) is 3.33. The van der Waals surface area contributed by atoms with Gasteiger partial charge >= 0.3 is 0 Å². The van der Waals surface area contributed by atoms with Crippen molar-refractivity contribution in [1.29, 1.82) is 0 Å². The van der Waals surface area contributed by atoms with Gasteiger partial charge in [-0.25, -0.2) is 4.98 Å². The molecular weight excluding hydrogens is 409 g/mol. The first kappa shape index (κ1) is 19.2. The molecule has 29 heavy (non-hydrogen) atoms. The van der Waals surface area contributed by atoms with E-state index in [9.17, 15) is 4.79 Å². The zero-order chi connectivity index (χ0) is 20.4. The third kappa shape index (κ3) is 4.16. The summed E-state index contributed by atoms with van der Waals surface area (Å²) in [5, 5.41) is 3.89. The van der Waals surface area contributed by atoms with E-state index in [1.165, 1.54) is 6.08 Å². The number of fused-ring (bicyclic) bond motifs is 1. The second-order valence-corrected chi connectivity index (χ2v) is 7.15. The lowest BCUT2D eigenvalue weighted by molar-refractivity contribution is -0.111. The number of carbonyl (C=O) groups is 1. The Morgan fingerprint density at radius 3 is 2.79 bits per heavy atom. The summed E-state index contributed by atoms with van der Waals surface area (Å²) in [6, 6.07) is 14.2. The van der Waals surface area contributed by atoms with Gasteiger partial charge in [0.15, 0.2) is 11.2 Å². The summed E-state index contributed by atoms with van der Waals surface area (Å²) in [7, 11) is 0. The van der Waals surface area contributed by atoms with Gasteiger partial charge in [0.25, 0.3) is 0 Å². The normalized spacial score (nSPS) is 11.3. The number of aromatic nitrogens is 2. The van der Waals surface area contributed by atoms with E-state index >= 15 is 0 Å². The van der Waals surface area contributed by atoms with Crippen molar-refractivity contribution in [3.8, 4) is 11.5 Å². The Morgan fingerprint density at radius 1 is 1.14 bits per heavy atom. The third-order valence-corrected chi connectivity index (χ3v) is 4.93. The predicted molar refractivity (Wildman–Crippen MR) is 116 cm³/mol. The number of nitrogens with one attached hydrogen (secondary N) is 1. The number of amides is 1. The fourth-order valence-electron chi connectivity index (χ4n) is 2.86. The molecule has 0 saturated carbocycles. The number of benzene rings is 2. The van der Waals surface area contributed by atoms with E-state index in [1.807, 2.05) is 31.2 Å². The Balaban J connectivity index is 1.57. The highest BCUT2D eigenvalue weighted by Crippen LogP contribution is 2.30. The average Bonchev–Trinajstić information content (AvgIpc) is 3.13. The Hall–Kier alpha value is -3.15. The maximum Gasteiger partial charge on any atom is 0.248 e. The molecule has 0 atom stereocenters. The number of hydrogen-bond acceptors (Lipinski definition) is 4. The minimum absolute atomic E-state index is 0.282. The number of pyridine rings is 1. The molecule has 1 N–H and O–H groups in total. The summed E-state index contributed by atoms with van der Waals surface area (Å²) < 4.78 is 5.80. The SMILES string of the molecule is Cc1c(NC(=O)C=Cc2ccc(Cl)cc2Cl)cccc1-c1nc2ncccc2o1. The van der Waals surface area contributed by atoms with Crippen molar-refractivity contribution < 1.29 is 9.21 Å². The molecule has 0 saturated heterocycles. The van der Waals surface area contributed by atoms with Crippen molar-refractivity contribution in [2.24, 2.45) is 0 Å². The Morgan fingerprint density at radius 2 is 2.00 bits per heavy atom. The second-order valence-electron chi connectivity index (χ2n) is 6.31. The molecule has 0 aliphatic heterocycles. The molecule has 0 unspecified atom stereocenters. The summed E-state index contributed by atoms with van der Waals surface area (Å²) in [5.41, 5.74) is 4.14. The van der Waals surface area contributed by atoms with Gasteiger partial charge in [-0.2, -0.15) is 4.98 Å². The van der Waals surface area contributed by atoms with Gasteiger partial charge in [-0.15, -0.1) is 0 Å². The van der Waals surface area contributed by atoms with E-state index in [2.05, 4.69) is 15.3 Å². The zero-order valence-corrected chi connectivity index (χ0v) is 16.8. The average molecular weight is 424 g/mol. The van der Waals surface area contributed by atoms with Gasteiger partial charge in [0.05, 0.1) is 0 Å². The van der Waals surface area contributed by atoms with Gasteiger partial charge in [-0.1, -0.05) is 35.3 Å². The van der Waals surface area contributed by atoms with Gasteiger partial charge in [0, 0.05) is 33.6 Å². The summed E-state index contributed by atoms with van der Waals surface area (Å²) in [6.45, 7) is 1.90. The van der Waals surface area contributed by atoms with Crippen LogP contribution in [0.4, 0.5) is 5.69 Å². The Labute approximate surface area is 177 Å². The number of hydrogen-bond donors (Lipinski definition) is 1. The molecule has 0 spiro atoms. The number of oxazole rings is 1. The highest BCUT2D eigenvalue weighted by Gasteiger charge is 2.14. The van der Waals surface area contributed by atoms with Crippen LogP contribution in [-0.4, -0.2) is 15.9 Å². The minimum Gasteiger partial charge on any atom is -0.434 e. The van der Waals surface area contributed by atoms with Crippen LogP contribution < -0.4 is 5.32 Å². The molecule has 0 radical (unpaired) electrons. The van der Waals surface area contributed by atoms with E-state index in [0.29, 0.717) is 38.4 Å². The monoisotopic (exact) mass is 423 g/mol. The van der Waals surface area contributed by atoms with Crippen LogP contribution in [0.3, 0.4) is 0 Å². The van der Waals surface area contributed by atoms with Crippen LogP contribution in [0.15, 0.2) is 65.2 Å². The number of halogens is 2. The number of rotatable bonds is 4. The smallest absolute Gasteiger partial charge is 0.248 e. The molecular formula is C22H15Cl2N3O2. The Bertz CT molecular complexity index is 1220. The van der Waals surface area contributed by atoms with Gasteiger partial charge in [0.2, 0.25) is 11.8 Å². The molecule has 7 heteroatoms. The van der Waals surface area contributed by atoms with Crippen LogP contribution in [-0.2, 0) is 4.79 Å². The van der Waals surface area contributed by atoms with Crippen molar-refractivity contribution in [2.75, 3.05) is 5.32 Å². The lowest BCUT2D eigenvalue weighted by atomic mass is 10.1. The topological polar surface area (TPSA) is 68.0 Å². The van der Waals surface area contributed by atoms with Crippen molar-refractivity contribution in [3.05, 3.63) is 82.0 Å². The standard InChI is InChI=1S/C22H15Cl2N3O2/c1-13-16(22-27-21-19(29-22)6-3-11-25-21)4-2-5-18(13)26-20(28)10-8-14-7-9-15(23)12-17(14)24/h2-12H,1H3,(H,26,28). The van der Waals surface area contributed by atoms with Gasteiger partial charge < -0.3 is 9.73 Å². The predicted octanol–water partition coefficient (Wildman–Crippen LogP) is 6.16. The summed E-state index contributed by atoms with van der Waals surface area (Å²) in [4.78, 5) is 21.0. The molecule has 0 fully saturated rings. The van der Waals surface area contributed by atoms with Crippen LogP contribution >= 0.6 is 23.2 Å². The Kier molecular flexibility index (Phi) is 5.34. The zero-order valence-electron chi connectivity index (χ0n) is 15.3. The summed E-state index contributed by atoms with van der Waals surface area (Å²) in [5.74, 6) is 0.172. The van der Waals surface area contributed by atoms with Gasteiger partial charge in [0.1, 0.15) is 0 Å². The van der Waals surface area contributed by atoms with Crippen LogP contribution in [0, 0.1) is 6.92 Å². The largest absolute Gasteiger partial charge is 0.434 e. The van der Waals surface area contributed by atoms with E-state index in [-0.39, 0.29) is 5.91 Å². The number of nitrogens with zero attached hydrogens (tertiary/aromatic N) is 2. The maximum absolute atomic E-state index is 12.4. The van der Waals surface area contributed by atoms with Crippen LogP contribution in [0.25, 0.3) is 28.8 Å². The van der Waals surface area contributed by atoms with Crippen LogP contribution in [0.5, 0.6) is 0 Å². The summed E-state index contributed by atoms with van der Waals surface area (Å²) in [6.07, 6.45) is 4.72. The lowest BCUT2D eigenvalue weighted by Gasteiger charge is -2.09. The first-order valence-corrected chi connectivity index (χ1v) is 9.52. The maximum atomic E-state index is 12.4. The molecule has 2 heterocycles. The molecule has 1 amide bonds. The molecule has 2 aromatic carbocycles.